The van der Waals surface area contributed by atoms with E-state index in [1.54, 1.807) is 6.07 Å². The van der Waals surface area contributed by atoms with Crippen molar-refractivity contribution in [1.29, 1.82) is 0 Å². The van der Waals surface area contributed by atoms with Crippen LogP contribution in [-0.4, -0.2) is 57.1 Å². The van der Waals surface area contributed by atoms with Gasteiger partial charge in [-0.3, -0.25) is 0 Å². The van der Waals surface area contributed by atoms with Crippen LogP contribution in [0.4, 0.5) is 5.69 Å². The zero-order valence-electron chi connectivity index (χ0n) is 16.3. The number of para-hydroxylation sites is 1. The number of anilines is 1. The Balaban J connectivity index is 1.62. The predicted molar refractivity (Wildman–Crippen MR) is 115 cm³/mol. The van der Waals surface area contributed by atoms with Crippen LogP contribution in [0, 0.1) is 0 Å². The van der Waals surface area contributed by atoms with Crippen molar-refractivity contribution < 1.29 is 13.2 Å². The van der Waals surface area contributed by atoms with Gasteiger partial charge in [0.15, 0.2) is 0 Å². The first-order valence-corrected chi connectivity index (χ1v) is 11.6. The Morgan fingerprint density at radius 1 is 0.897 bits per heavy atom. The van der Waals surface area contributed by atoms with Crippen molar-refractivity contribution in [2.24, 2.45) is 0 Å². The van der Waals surface area contributed by atoms with Gasteiger partial charge in [-0.25, -0.2) is 8.42 Å². The van der Waals surface area contributed by atoms with Crippen molar-refractivity contribution in [3.05, 3.63) is 48.5 Å². The summed E-state index contributed by atoms with van der Waals surface area (Å²) in [6.45, 7) is 3.70. The minimum Gasteiger partial charge on any atom is -0.379 e. The normalized spacial score (nSPS) is 18.6. The number of hydrogen-bond acceptors (Lipinski definition) is 4. The summed E-state index contributed by atoms with van der Waals surface area (Å²) in [6, 6.07) is 15.8. The molecule has 2 saturated heterocycles. The number of morpholine rings is 1. The van der Waals surface area contributed by atoms with E-state index < -0.39 is 10.0 Å². The highest BCUT2D eigenvalue weighted by Crippen LogP contribution is 2.36. The van der Waals surface area contributed by atoms with Crippen molar-refractivity contribution >= 4 is 26.6 Å². The van der Waals surface area contributed by atoms with Gasteiger partial charge in [0.05, 0.1) is 18.1 Å². The van der Waals surface area contributed by atoms with Gasteiger partial charge in [-0.05, 0) is 43.2 Å². The van der Waals surface area contributed by atoms with Crippen LogP contribution in [0.5, 0.6) is 0 Å². The molecule has 0 amide bonds. The number of aromatic amines is 1. The molecule has 0 saturated carbocycles. The van der Waals surface area contributed by atoms with E-state index in [-0.39, 0.29) is 0 Å². The van der Waals surface area contributed by atoms with Gasteiger partial charge in [-0.2, -0.15) is 4.31 Å². The van der Waals surface area contributed by atoms with Gasteiger partial charge in [0.2, 0.25) is 10.0 Å². The second kappa shape index (κ2) is 7.48. The summed E-state index contributed by atoms with van der Waals surface area (Å²) in [4.78, 5) is 6.18. The third kappa shape index (κ3) is 3.43. The summed E-state index contributed by atoms with van der Waals surface area (Å²) < 4.78 is 33.3. The summed E-state index contributed by atoms with van der Waals surface area (Å²) in [5, 5.41) is 1.12. The topological polar surface area (TPSA) is 65.6 Å². The Hall–Kier alpha value is -2.35. The number of rotatable bonds is 4. The van der Waals surface area contributed by atoms with Crippen LogP contribution in [0.3, 0.4) is 0 Å². The summed E-state index contributed by atoms with van der Waals surface area (Å²) in [6.07, 6.45) is 2.33. The maximum Gasteiger partial charge on any atom is 0.243 e. The Kier molecular flexibility index (Phi) is 4.81. The fourth-order valence-electron chi connectivity index (χ4n) is 4.28. The fraction of sp³-hybridized carbons (Fsp3) is 0.364. The van der Waals surface area contributed by atoms with Gasteiger partial charge in [-0.1, -0.05) is 18.2 Å². The number of benzene rings is 2. The first kappa shape index (κ1) is 18.7. The van der Waals surface area contributed by atoms with Crippen LogP contribution >= 0.6 is 0 Å². The highest BCUT2D eigenvalue weighted by molar-refractivity contribution is 7.89. The third-order valence-electron chi connectivity index (χ3n) is 5.84. The third-order valence-corrected chi connectivity index (χ3v) is 7.74. The quantitative estimate of drug-likeness (QED) is 0.714. The largest absolute Gasteiger partial charge is 0.379 e. The van der Waals surface area contributed by atoms with Gasteiger partial charge in [0, 0.05) is 54.0 Å². The van der Waals surface area contributed by atoms with Crippen molar-refractivity contribution in [1.82, 2.24) is 9.29 Å². The lowest BCUT2D eigenvalue weighted by atomic mass is 10.1. The summed E-state index contributed by atoms with van der Waals surface area (Å²) in [5.74, 6) is 0. The number of hydrogen-bond donors (Lipinski definition) is 1. The molecule has 5 rings (SSSR count). The van der Waals surface area contributed by atoms with E-state index in [2.05, 4.69) is 22.0 Å². The Labute approximate surface area is 171 Å². The van der Waals surface area contributed by atoms with E-state index in [1.165, 1.54) is 17.1 Å². The first-order chi connectivity index (χ1) is 14.1. The second-order valence-corrected chi connectivity index (χ2v) is 9.60. The average molecular weight is 412 g/mol. The van der Waals surface area contributed by atoms with E-state index in [4.69, 9.17) is 4.74 Å². The van der Waals surface area contributed by atoms with E-state index in [0.717, 1.165) is 40.9 Å². The Morgan fingerprint density at radius 3 is 2.41 bits per heavy atom. The second-order valence-electron chi connectivity index (χ2n) is 7.66. The fourth-order valence-corrected chi connectivity index (χ4v) is 5.71. The number of nitrogens with one attached hydrogen (secondary N) is 1. The predicted octanol–water partition coefficient (Wildman–Crippen LogP) is 3.46. The van der Waals surface area contributed by atoms with Crippen molar-refractivity contribution in [2.75, 3.05) is 44.3 Å². The highest BCUT2D eigenvalue weighted by Gasteiger charge is 2.28. The molecule has 3 aromatic rings. The molecule has 29 heavy (non-hydrogen) atoms. The molecule has 2 aliphatic heterocycles. The van der Waals surface area contributed by atoms with Gasteiger partial charge in [0.25, 0.3) is 0 Å². The van der Waals surface area contributed by atoms with Gasteiger partial charge in [0.1, 0.15) is 0 Å². The molecule has 0 radical (unpaired) electrons. The molecular weight excluding hydrogens is 386 g/mol. The van der Waals surface area contributed by atoms with Gasteiger partial charge >= 0.3 is 0 Å². The van der Waals surface area contributed by atoms with Crippen LogP contribution in [0.15, 0.2) is 53.4 Å². The van der Waals surface area contributed by atoms with Gasteiger partial charge in [-0.15, -0.1) is 0 Å². The van der Waals surface area contributed by atoms with Crippen LogP contribution in [0.2, 0.25) is 0 Å². The average Bonchev–Trinajstić information content (AvgIpc) is 3.44. The zero-order valence-corrected chi connectivity index (χ0v) is 17.1. The first-order valence-electron chi connectivity index (χ1n) is 10.2. The van der Waals surface area contributed by atoms with Crippen molar-refractivity contribution in [3.63, 3.8) is 0 Å². The van der Waals surface area contributed by atoms with Crippen molar-refractivity contribution in [3.8, 4) is 11.3 Å². The number of ether oxygens (including phenoxy) is 1. The summed E-state index contributed by atoms with van der Waals surface area (Å²) in [5.41, 5.74) is 4.04. The molecule has 0 atom stereocenters. The zero-order chi connectivity index (χ0) is 19.8. The number of nitrogens with zero attached hydrogens (tertiary/aromatic N) is 2. The van der Waals surface area contributed by atoms with E-state index in [1.807, 2.05) is 30.3 Å². The monoisotopic (exact) mass is 411 g/mol. The number of aromatic nitrogens is 1. The molecule has 3 heterocycles. The van der Waals surface area contributed by atoms with Gasteiger partial charge < -0.3 is 14.6 Å². The standard InChI is InChI=1S/C22H25N3O3S/c26-29(27,25-11-13-28-14-12-25)18-7-8-22(24-9-3-4-10-24)19(16-18)21-15-17-5-1-2-6-20(17)23-21/h1-2,5-8,15-16,23H,3-4,9-14H2. The Bertz CT molecular complexity index is 1090. The lowest BCUT2D eigenvalue weighted by molar-refractivity contribution is 0.0730. The lowest BCUT2D eigenvalue weighted by Gasteiger charge is -2.27. The summed E-state index contributed by atoms with van der Waals surface area (Å²) in [7, 11) is -3.54. The molecule has 2 aliphatic rings. The molecule has 0 bridgehead atoms. The minimum absolute atomic E-state index is 0.344. The van der Waals surface area contributed by atoms with E-state index in [0.29, 0.717) is 31.2 Å². The molecule has 7 heteroatoms. The van der Waals surface area contributed by atoms with Crippen LogP contribution in [0.25, 0.3) is 22.2 Å². The SMILES string of the molecule is O=S(=O)(c1ccc(N2CCCC2)c(-c2cc3ccccc3[nH]2)c1)N1CCOCC1. The van der Waals surface area contributed by atoms with Crippen molar-refractivity contribution in [2.45, 2.75) is 17.7 Å². The number of fused-ring (bicyclic) bond motifs is 1. The summed E-state index contributed by atoms with van der Waals surface area (Å²) >= 11 is 0. The van der Waals surface area contributed by atoms with E-state index >= 15 is 0 Å². The van der Waals surface area contributed by atoms with Crippen LogP contribution < -0.4 is 4.90 Å². The molecule has 2 aromatic carbocycles. The maximum absolute atomic E-state index is 13.2. The molecule has 1 N–H and O–H groups in total. The molecule has 0 spiro atoms. The minimum atomic E-state index is -3.54. The molecule has 2 fully saturated rings. The Morgan fingerprint density at radius 2 is 1.66 bits per heavy atom. The van der Waals surface area contributed by atoms with Crippen LogP contribution in [0.1, 0.15) is 12.8 Å². The molecular formula is C22H25N3O3S. The van der Waals surface area contributed by atoms with E-state index in [9.17, 15) is 8.42 Å². The maximum atomic E-state index is 13.2. The molecule has 152 valence electrons. The molecule has 6 nitrogen and oxygen atoms in total. The molecule has 0 aliphatic carbocycles. The van der Waals surface area contributed by atoms with Crippen LogP contribution in [-0.2, 0) is 14.8 Å². The molecule has 0 unspecified atom stereocenters. The number of H-pyrrole nitrogens is 1. The number of sulfonamides is 1. The molecule has 1 aromatic heterocycles. The highest BCUT2D eigenvalue weighted by atomic mass is 32.2. The lowest BCUT2D eigenvalue weighted by Crippen LogP contribution is -2.40. The smallest absolute Gasteiger partial charge is 0.243 e.